The number of cyclic esters (lactones) is 1. The predicted molar refractivity (Wildman–Crippen MR) is 289 cm³/mol. The Bertz CT molecular complexity index is 2490. The van der Waals surface area contributed by atoms with Gasteiger partial charge in [0.1, 0.15) is 34.8 Å². The summed E-state index contributed by atoms with van der Waals surface area (Å²) < 4.78 is 53.2. The number of hydrogen-bond acceptors (Lipinski definition) is 19. The van der Waals surface area contributed by atoms with E-state index in [1.54, 1.807) is 47.6 Å². The van der Waals surface area contributed by atoms with E-state index in [1.165, 1.54) is 34.3 Å². The van der Waals surface area contributed by atoms with Crippen LogP contribution >= 0.6 is 0 Å². The van der Waals surface area contributed by atoms with Crippen molar-refractivity contribution in [3.63, 3.8) is 0 Å². The number of aliphatic hydroxyl groups excluding tert-OH is 2. The van der Waals surface area contributed by atoms with E-state index >= 15 is 0 Å². The second-order valence-corrected chi connectivity index (χ2v) is 23.5. The lowest BCUT2D eigenvalue weighted by Crippen LogP contribution is -2.61. The molecular weight excluding hydrogens is 1010 g/mol. The maximum Gasteiger partial charge on any atom is 0.341 e. The smallest absolute Gasteiger partial charge is 0.341 e. The Labute approximate surface area is 459 Å². The molecule has 0 radical (unpaired) electrons. The number of carbonyl (C=O) groups excluding carboxylic acids is 3. The van der Waals surface area contributed by atoms with Gasteiger partial charge in [-0.25, -0.2) is 4.79 Å². The molecule has 0 saturated carbocycles. The van der Waals surface area contributed by atoms with Crippen LogP contribution in [0, 0.1) is 23.7 Å². The zero-order valence-electron chi connectivity index (χ0n) is 48.5. The Balaban J connectivity index is 1.19. The molecule has 6 rings (SSSR count). The van der Waals surface area contributed by atoms with Crippen molar-refractivity contribution in [3.8, 4) is 0 Å². The molecule has 1 aromatic carbocycles. The molecule has 0 bridgehead atoms. The number of anilines is 1. The fraction of sp³-hybridized carbons (Fsp3) is 0.772. The van der Waals surface area contributed by atoms with Gasteiger partial charge in [0.15, 0.2) is 18.7 Å². The minimum Gasteiger partial charge on any atom is -0.477 e. The zero-order chi connectivity index (χ0) is 57.9. The molecule has 0 amide bonds. The average Bonchev–Trinajstić information content (AvgIpc) is 3.49. The molecule has 0 aliphatic carbocycles. The van der Waals surface area contributed by atoms with Crippen LogP contribution in [0.5, 0.6) is 0 Å². The normalized spacial score (nSPS) is 38.1. The number of esters is 2. The molecule has 0 spiro atoms. The quantitative estimate of drug-likeness (QED) is 0.0933. The molecule has 5 heterocycles. The lowest BCUT2D eigenvalue weighted by atomic mass is 9.74. The number of hydrogen-bond donors (Lipinski definition) is 6. The topological polar surface area (TPSA) is 272 Å². The maximum absolute atomic E-state index is 14.6. The Morgan fingerprint density at radius 1 is 0.885 bits per heavy atom. The van der Waals surface area contributed by atoms with Crippen molar-refractivity contribution < 1.29 is 77.5 Å². The van der Waals surface area contributed by atoms with Crippen molar-refractivity contribution in [1.29, 1.82) is 0 Å². The van der Waals surface area contributed by atoms with Crippen molar-refractivity contribution in [3.05, 3.63) is 39.7 Å². The number of ketones is 1. The van der Waals surface area contributed by atoms with Gasteiger partial charge in [-0.05, 0) is 112 Å². The number of aromatic nitrogens is 1. The van der Waals surface area contributed by atoms with Crippen LogP contribution in [0.1, 0.15) is 137 Å². The first-order chi connectivity index (χ1) is 36.5. The number of ether oxygens (including phenoxy) is 8. The van der Waals surface area contributed by atoms with Gasteiger partial charge in [0.25, 0.3) is 0 Å². The van der Waals surface area contributed by atoms with E-state index in [-0.39, 0.29) is 61.8 Å². The highest BCUT2D eigenvalue weighted by atomic mass is 16.7. The van der Waals surface area contributed by atoms with E-state index < -0.39 is 119 Å². The third-order valence-corrected chi connectivity index (χ3v) is 17.4. The number of rotatable bonds is 17. The van der Waals surface area contributed by atoms with E-state index in [9.17, 15) is 44.4 Å². The molecule has 440 valence electrons. The number of aryl methyl sites for hydroxylation is 1. The number of carbonyl (C=O) groups is 4. The van der Waals surface area contributed by atoms with Gasteiger partial charge in [0.2, 0.25) is 5.43 Å². The molecule has 3 saturated heterocycles. The van der Waals surface area contributed by atoms with Crippen molar-refractivity contribution in [1.82, 2.24) is 14.8 Å². The molecule has 3 unspecified atom stereocenters. The SMILES string of the molecule is CC[C@H]1OC(=O)C(C)[C@@H](O[C@H]2C[C@@](C)(OC)[C@@H](OC(=O)CCNCCNc3cc4c5c(c3)c(=O)c(C(=O)O)cn5C(C)CC4)[C@H](C)O2)[C@H](C)[C@@H](O[C@@H]2O[C@H](C)CC(N(C)C)[C@H]2O)[C@](C)(OC)C[C@@H](C)C(=O)[C@H](C)[C@@H](O)[C@]1(C)O. The van der Waals surface area contributed by atoms with E-state index in [4.69, 9.17) is 37.9 Å². The number of aliphatic hydroxyl groups is 3. The second kappa shape index (κ2) is 25.8. The number of aromatic carboxylic acids is 1. The van der Waals surface area contributed by atoms with Gasteiger partial charge in [-0.1, -0.05) is 27.7 Å². The highest BCUT2D eigenvalue weighted by molar-refractivity contribution is 5.95. The van der Waals surface area contributed by atoms with Crippen LogP contribution in [-0.2, 0) is 58.7 Å². The van der Waals surface area contributed by atoms with Crippen molar-refractivity contribution >= 4 is 40.3 Å². The first kappa shape index (κ1) is 63.1. The summed E-state index contributed by atoms with van der Waals surface area (Å²) in [6.07, 6.45) is -6.63. The average molecular weight is 1100 g/mol. The van der Waals surface area contributed by atoms with Gasteiger partial charge in [-0.15, -0.1) is 0 Å². The number of carboxylic acid groups (broad SMARTS) is 1. The molecule has 4 aliphatic rings. The highest BCUT2D eigenvalue weighted by Gasteiger charge is 2.55. The standard InChI is InChI=1S/C57H90N4O17/c1-16-41-57(11,70)49(66)32(5)45(63)29(2)26-55(9,71-14)50(78-54-47(65)40(60(12)13)23-31(4)73-54)33(6)48(34(7)53(69)75-41)77-43-27-56(10,72-15)51(35(8)74-43)76-42(62)19-20-58-21-22-59-37-24-36-18-17-30(3)61-28-39(52(67)68)46(64)38(25-37)44(36)61/h24-25,28-35,40-41,43,47-51,54,58-59,65-66,70H,16-23,26-27H2,1-15H3,(H,67,68)/t29-,30?,31-,32+,33+,34?,35+,40?,41-,43+,47-,48+,49-,50-,51+,54+,55-,56-,57-/m1/s1. The van der Waals surface area contributed by atoms with Gasteiger partial charge in [-0.3, -0.25) is 19.2 Å². The van der Waals surface area contributed by atoms with E-state index in [0.717, 1.165) is 23.9 Å². The molecule has 21 heteroatoms. The zero-order valence-corrected chi connectivity index (χ0v) is 48.5. The fourth-order valence-electron chi connectivity index (χ4n) is 12.5. The number of benzene rings is 1. The van der Waals surface area contributed by atoms with Gasteiger partial charge >= 0.3 is 17.9 Å². The van der Waals surface area contributed by atoms with Crippen LogP contribution < -0.4 is 16.1 Å². The number of likely N-dealkylation sites (N-methyl/N-ethyl adjacent to an activating group) is 1. The van der Waals surface area contributed by atoms with E-state index in [0.29, 0.717) is 30.6 Å². The monoisotopic (exact) mass is 1100 g/mol. The van der Waals surface area contributed by atoms with Crippen molar-refractivity contribution in [2.24, 2.45) is 23.7 Å². The Kier molecular flexibility index (Phi) is 20.8. The molecule has 2 aromatic rings. The third-order valence-electron chi connectivity index (χ3n) is 17.4. The first-order valence-electron chi connectivity index (χ1n) is 27.8. The summed E-state index contributed by atoms with van der Waals surface area (Å²) in [7, 11) is 6.72. The highest BCUT2D eigenvalue weighted by Crippen LogP contribution is 2.43. The van der Waals surface area contributed by atoms with Crippen molar-refractivity contribution in [2.75, 3.05) is 53.3 Å². The molecular formula is C57H90N4O17. The fourth-order valence-corrected chi connectivity index (χ4v) is 12.5. The first-order valence-corrected chi connectivity index (χ1v) is 27.8. The van der Waals surface area contributed by atoms with Gasteiger partial charge < -0.3 is 78.4 Å². The van der Waals surface area contributed by atoms with Crippen LogP contribution in [0.3, 0.4) is 0 Å². The summed E-state index contributed by atoms with van der Waals surface area (Å²) in [5.74, 6) is -6.62. The summed E-state index contributed by atoms with van der Waals surface area (Å²) in [6, 6.07) is 3.40. The van der Waals surface area contributed by atoms with E-state index in [1.807, 2.05) is 50.4 Å². The van der Waals surface area contributed by atoms with Crippen LogP contribution in [0.2, 0.25) is 0 Å². The molecule has 19 atom stereocenters. The van der Waals surface area contributed by atoms with Gasteiger partial charge in [0, 0.05) is 87.4 Å². The number of pyridine rings is 1. The number of methoxy groups -OCH3 is 2. The van der Waals surface area contributed by atoms with Crippen LogP contribution in [0.15, 0.2) is 23.1 Å². The minimum atomic E-state index is -2.03. The molecule has 3 fully saturated rings. The Hall–Kier alpha value is -4.13. The largest absolute Gasteiger partial charge is 0.477 e. The molecule has 4 aliphatic heterocycles. The molecule has 1 aromatic heterocycles. The van der Waals surface area contributed by atoms with Crippen LogP contribution in [-0.4, -0.2) is 186 Å². The molecule has 6 N–H and O–H groups in total. The molecule has 78 heavy (non-hydrogen) atoms. The van der Waals surface area contributed by atoms with Crippen LogP contribution in [0.25, 0.3) is 10.9 Å². The third kappa shape index (κ3) is 13.4. The van der Waals surface area contributed by atoms with E-state index in [2.05, 4.69) is 10.6 Å². The van der Waals surface area contributed by atoms with Gasteiger partial charge in [0.05, 0.1) is 54.0 Å². The predicted octanol–water partition coefficient (Wildman–Crippen LogP) is 4.60. The lowest BCUT2D eigenvalue weighted by molar-refractivity contribution is -0.320. The van der Waals surface area contributed by atoms with Crippen LogP contribution in [0.4, 0.5) is 5.69 Å². The van der Waals surface area contributed by atoms with Gasteiger partial charge in [-0.2, -0.15) is 0 Å². The lowest BCUT2D eigenvalue weighted by Gasteiger charge is -2.50. The number of nitrogens with zero attached hydrogens (tertiary/aromatic N) is 2. The minimum absolute atomic E-state index is 0.0108. The summed E-state index contributed by atoms with van der Waals surface area (Å²) in [6.45, 7) is 20.2. The summed E-state index contributed by atoms with van der Waals surface area (Å²) >= 11 is 0. The Morgan fingerprint density at radius 3 is 2.18 bits per heavy atom. The van der Waals surface area contributed by atoms with Crippen molar-refractivity contribution in [2.45, 2.75) is 211 Å². The second-order valence-electron chi connectivity index (χ2n) is 23.5. The number of carboxylic acids is 1. The number of nitrogens with one attached hydrogen (secondary N) is 2. The summed E-state index contributed by atoms with van der Waals surface area (Å²) in [5, 5.41) is 52.0. The summed E-state index contributed by atoms with van der Waals surface area (Å²) in [4.78, 5) is 69.4. The number of Topliss-reactive ketones (excluding diaryl/α,β-unsaturated/α-hetero) is 1. The molecule has 21 nitrogen and oxygen atoms in total. The summed E-state index contributed by atoms with van der Waals surface area (Å²) in [5.41, 5.74) is -2.90. The Morgan fingerprint density at radius 2 is 1.55 bits per heavy atom. The maximum atomic E-state index is 14.6.